The second kappa shape index (κ2) is 3.12. The van der Waals surface area contributed by atoms with E-state index in [9.17, 15) is 4.79 Å². The number of nitrogens with zero attached hydrogens (tertiary/aromatic N) is 1. The van der Waals surface area contributed by atoms with E-state index in [1.54, 1.807) is 6.20 Å². The molecule has 0 aliphatic heterocycles. The van der Waals surface area contributed by atoms with Gasteiger partial charge in [-0.1, -0.05) is 0 Å². The summed E-state index contributed by atoms with van der Waals surface area (Å²) in [5, 5.41) is 2.53. The van der Waals surface area contributed by atoms with Crippen molar-refractivity contribution in [1.29, 1.82) is 0 Å². The maximum atomic E-state index is 10.8. The molecule has 0 saturated heterocycles. The Morgan fingerprint density at radius 3 is 2.62 bits per heavy atom. The van der Waals surface area contributed by atoms with Crippen LogP contribution in [-0.4, -0.2) is 15.4 Å². The summed E-state index contributed by atoms with van der Waals surface area (Å²) in [5.41, 5.74) is -0.475. The highest BCUT2D eigenvalue weighted by Gasteiger charge is 2.13. The number of hydrogen-bond donors (Lipinski definition) is 1. The van der Waals surface area contributed by atoms with Crippen LogP contribution in [0.3, 0.4) is 0 Å². The monoisotopic (exact) mass is 182 g/mol. The zero-order chi connectivity index (χ0) is 10.1. The molecule has 0 radical (unpaired) electrons. The smallest absolute Gasteiger partial charge is 0.264 e. The molecule has 0 amide bonds. The molecule has 0 bridgehead atoms. The van der Waals surface area contributed by atoms with Crippen LogP contribution in [0.2, 0.25) is 0 Å². The zero-order valence-electron chi connectivity index (χ0n) is 8.13. The van der Waals surface area contributed by atoms with Crippen molar-refractivity contribution >= 4 is 5.88 Å². The highest BCUT2D eigenvalue weighted by Crippen LogP contribution is 2.14. The van der Waals surface area contributed by atoms with Gasteiger partial charge in [0.15, 0.2) is 0 Å². The van der Waals surface area contributed by atoms with Crippen molar-refractivity contribution in [2.24, 2.45) is 0 Å². The molecule has 1 N–H and O–H groups in total. The van der Waals surface area contributed by atoms with Gasteiger partial charge in [-0.05, 0) is 27.4 Å². The lowest BCUT2D eigenvalue weighted by Crippen LogP contribution is -2.20. The summed E-state index contributed by atoms with van der Waals surface area (Å²) >= 11 is 0. The molecule has 0 fully saturated rings. The minimum absolute atomic E-state index is 0.168. The van der Waals surface area contributed by atoms with E-state index in [4.69, 9.17) is 4.74 Å². The third-order valence-electron chi connectivity index (χ3n) is 1.30. The molecule has 1 aromatic heterocycles. The first-order valence-electron chi connectivity index (χ1n) is 4.04. The number of aromatic amines is 1. The molecule has 0 atom stereocenters. The summed E-state index contributed by atoms with van der Waals surface area (Å²) in [6, 6.07) is 1.41. The van der Waals surface area contributed by atoms with Crippen LogP contribution < -0.4 is 5.56 Å². The highest BCUT2D eigenvalue weighted by atomic mass is 16.5. The topological polar surface area (TPSA) is 47.0 Å². The maximum absolute atomic E-state index is 10.8. The zero-order valence-corrected chi connectivity index (χ0v) is 8.13. The minimum Gasteiger partial charge on any atom is -0.472 e. The van der Waals surface area contributed by atoms with Crippen molar-refractivity contribution < 1.29 is 4.74 Å². The molecule has 4 heteroatoms. The summed E-state index contributed by atoms with van der Waals surface area (Å²) in [6.45, 7) is 9.44. The van der Waals surface area contributed by atoms with E-state index in [-0.39, 0.29) is 11.2 Å². The predicted molar refractivity (Wildman–Crippen MR) is 51.2 cm³/mol. The van der Waals surface area contributed by atoms with Gasteiger partial charge in [0.1, 0.15) is 5.60 Å². The van der Waals surface area contributed by atoms with E-state index in [2.05, 4.69) is 11.7 Å². The maximum Gasteiger partial charge on any atom is 0.264 e. The van der Waals surface area contributed by atoms with E-state index in [1.807, 2.05) is 20.8 Å². The second-order valence-electron chi connectivity index (χ2n) is 3.77. The van der Waals surface area contributed by atoms with E-state index in [0.29, 0.717) is 5.88 Å². The predicted octanol–water partition coefficient (Wildman–Crippen LogP) is 1.42. The van der Waals surface area contributed by atoms with E-state index in [1.165, 1.54) is 10.7 Å². The van der Waals surface area contributed by atoms with Crippen LogP contribution in [0.25, 0.3) is 5.88 Å². The number of hydrogen-bond acceptors (Lipinski definition) is 2. The molecule has 0 aromatic carbocycles. The number of H-pyrrole nitrogens is 1. The van der Waals surface area contributed by atoms with Gasteiger partial charge in [-0.15, -0.1) is 0 Å². The molecular weight excluding hydrogens is 168 g/mol. The van der Waals surface area contributed by atoms with Gasteiger partial charge >= 0.3 is 0 Å². The Morgan fingerprint density at radius 1 is 1.62 bits per heavy atom. The lowest BCUT2D eigenvalue weighted by atomic mass is 10.2. The van der Waals surface area contributed by atoms with Gasteiger partial charge in [0, 0.05) is 12.3 Å². The van der Waals surface area contributed by atoms with Crippen molar-refractivity contribution in [1.82, 2.24) is 9.78 Å². The van der Waals surface area contributed by atoms with Crippen molar-refractivity contribution in [3.05, 3.63) is 29.2 Å². The number of rotatable bonds is 2. The molecule has 4 nitrogen and oxygen atoms in total. The lowest BCUT2D eigenvalue weighted by molar-refractivity contribution is 0.0848. The Hall–Kier alpha value is -1.45. The molecule has 0 saturated carbocycles. The van der Waals surface area contributed by atoms with Gasteiger partial charge in [0.2, 0.25) is 5.88 Å². The van der Waals surface area contributed by atoms with E-state index in [0.717, 1.165) is 0 Å². The summed E-state index contributed by atoms with van der Waals surface area (Å²) in [6.07, 6.45) is 1.58. The summed E-state index contributed by atoms with van der Waals surface area (Å²) in [7, 11) is 0. The molecule has 1 heterocycles. The molecule has 0 unspecified atom stereocenters. The van der Waals surface area contributed by atoms with Crippen molar-refractivity contribution in [3.63, 3.8) is 0 Å². The normalized spacial score (nSPS) is 11.3. The summed E-state index contributed by atoms with van der Waals surface area (Å²) in [4.78, 5) is 10.8. The van der Waals surface area contributed by atoms with Crippen LogP contribution in [0.5, 0.6) is 0 Å². The molecule has 1 rings (SSSR count). The Labute approximate surface area is 76.8 Å². The fourth-order valence-electron chi connectivity index (χ4n) is 0.884. The third-order valence-corrected chi connectivity index (χ3v) is 1.30. The first kappa shape index (κ1) is 9.64. The number of nitrogens with one attached hydrogen (secondary N) is 1. The summed E-state index contributed by atoms with van der Waals surface area (Å²) in [5.74, 6) is 0.412. The highest BCUT2D eigenvalue weighted by molar-refractivity contribution is 5.30. The van der Waals surface area contributed by atoms with E-state index < -0.39 is 0 Å². The van der Waals surface area contributed by atoms with Crippen molar-refractivity contribution in [3.8, 4) is 0 Å². The number of ether oxygens (including phenoxy) is 1. The quantitative estimate of drug-likeness (QED) is 0.703. The van der Waals surface area contributed by atoms with Gasteiger partial charge in [0.25, 0.3) is 5.56 Å². The molecule has 0 spiro atoms. The van der Waals surface area contributed by atoms with Gasteiger partial charge in [-0.2, -0.15) is 0 Å². The number of aromatic nitrogens is 2. The van der Waals surface area contributed by atoms with Crippen LogP contribution in [0, 0.1) is 0 Å². The van der Waals surface area contributed by atoms with Gasteiger partial charge in [-0.25, -0.2) is 4.68 Å². The van der Waals surface area contributed by atoms with Gasteiger partial charge < -0.3 is 4.74 Å². The lowest BCUT2D eigenvalue weighted by Gasteiger charge is -2.22. The largest absolute Gasteiger partial charge is 0.472 e. The Kier molecular flexibility index (Phi) is 2.32. The van der Waals surface area contributed by atoms with Crippen LogP contribution >= 0.6 is 0 Å². The molecule has 0 aliphatic carbocycles. The molecular formula is C9H14N2O2. The standard InChI is InChI=1S/C9H14N2O2/c1-7(13-9(2,3)4)11-6-5-8(12)10-11/h5-6H,1H2,2-4H3,(H,10,12). The summed E-state index contributed by atoms with van der Waals surface area (Å²) < 4.78 is 6.89. The average Bonchev–Trinajstić information content (AvgIpc) is 2.31. The van der Waals surface area contributed by atoms with Crippen LogP contribution in [0.4, 0.5) is 0 Å². The fraction of sp³-hybridized carbons (Fsp3) is 0.444. The van der Waals surface area contributed by atoms with Crippen LogP contribution in [0.1, 0.15) is 20.8 Å². The SMILES string of the molecule is C=C(OC(C)(C)C)n1ccc(=O)[nH]1. The molecule has 0 aliphatic rings. The molecule has 1 aromatic rings. The van der Waals surface area contributed by atoms with Gasteiger partial charge in [-0.3, -0.25) is 9.89 Å². The molecule has 72 valence electrons. The van der Waals surface area contributed by atoms with Crippen molar-refractivity contribution in [2.75, 3.05) is 0 Å². The second-order valence-corrected chi connectivity index (χ2v) is 3.77. The third kappa shape index (κ3) is 2.82. The van der Waals surface area contributed by atoms with E-state index >= 15 is 0 Å². The first-order chi connectivity index (χ1) is 5.88. The van der Waals surface area contributed by atoms with Crippen molar-refractivity contribution in [2.45, 2.75) is 26.4 Å². The van der Waals surface area contributed by atoms with Crippen LogP contribution in [0.15, 0.2) is 23.6 Å². The van der Waals surface area contributed by atoms with Gasteiger partial charge in [0.05, 0.1) is 0 Å². The molecule has 13 heavy (non-hydrogen) atoms. The Balaban J connectivity index is 2.75. The Bertz CT molecular complexity index is 354. The fourth-order valence-corrected chi connectivity index (χ4v) is 0.884. The first-order valence-corrected chi connectivity index (χ1v) is 4.04. The minimum atomic E-state index is -0.307. The Morgan fingerprint density at radius 2 is 2.23 bits per heavy atom. The van der Waals surface area contributed by atoms with Crippen LogP contribution in [-0.2, 0) is 4.74 Å². The average molecular weight is 182 g/mol.